The molecule has 2 amide bonds. The minimum atomic E-state index is -0.324. The molecular formula is C32H42N10O2. The lowest BCUT2D eigenvalue weighted by atomic mass is 10.2. The van der Waals surface area contributed by atoms with E-state index in [0.717, 1.165) is 82.3 Å². The average molecular weight is 599 g/mol. The summed E-state index contributed by atoms with van der Waals surface area (Å²) in [5, 5.41) is 5.81. The van der Waals surface area contributed by atoms with Gasteiger partial charge in [-0.15, -0.1) is 0 Å². The molecule has 12 heteroatoms. The number of ether oxygens (including phenoxy) is 1. The molecule has 4 unspecified atom stereocenters. The SMILES string of the molecule is CC1CCC(C)N1c1nc(-c2ccc(NC(=O)Nc3ccc(N4CCN(C)CC4)nc3)cc2)nc(N2CC3CCC(C2)O3)n1. The van der Waals surface area contributed by atoms with E-state index >= 15 is 0 Å². The molecule has 2 N–H and O–H groups in total. The number of hydrogen-bond acceptors (Lipinski definition) is 10. The van der Waals surface area contributed by atoms with Gasteiger partial charge in [0.05, 0.1) is 24.1 Å². The van der Waals surface area contributed by atoms with E-state index in [-0.39, 0.29) is 18.2 Å². The van der Waals surface area contributed by atoms with Crippen molar-refractivity contribution in [2.24, 2.45) is 0 Å². The lowest BCUT2D eigenvalue weighted by Crippen LogP contribution is -2.44. The van der Waals surface area contributed by atoms with Gasteiger partial charge in [-0.25, -0.2) is 9.78 Å². The number of fused-ring (bicyclic) bond motifs is 2. The molecule has 7 rings (SSSR count). The molecule has 4 atom stereocenters. The quantitative estimate of drug-likeness (QED) is 0.430. The molecule has 44 heavy (non-hydrogen) atoms. The van der Waals surface area contributed by atoms with Gasteiger partial charge in [-0.05, 0) is 83.0 Å². The molecule has 2 aromatic heterocycles. The molecule has 4 aliphatic rings. The van der Waals surface area contributed by atoms with Crippen molar-refractivity contribution in [2.75, 3.05) is 71.6 Å². The van der Waals surface area contributed by atoms with Gasteiger partial charge in [0.2, 0.25) is 11.9 Å². The number of hydrogen-bond donors (Lipinski definition) is 2. The van der Waals surface area contributed by atoms with Gasteiger partial charge in [0, 0.05) is 62.6 Å². The van der Waals surface area contributed by atoms with Crippen molar-refractivity contribution in [3.8, 4) is 11.4 Å². The first-order valence-corrected chi connectivity index (χ1v) is 15.9. The minimum Gasteiger partial charge on any atom is -0.371 e. The van der Waals surface area contributed by atoms with E-state index in [2.05, 4.69) is 56.1 Å². The molecule has 4 aliphatic heterocycles. The Morgan fingerprint density at radius 1 is 0.773 bits per heavy atom. The predicted molar refractivity (Wildman–Crippen MR) is 173 cm³/mol. The zero-order chi connectivity index (χ0) is 30.2. The van der Waals surface area contributed by atoms with Gasteiger partial charge in [-0.2, -0.15) is 15.0 Å². The number of amides is 2. The maximum absolute atomic E-state index is 12.8. The summed E-state index contributed by atoms with van der Waals surface area (Å²) in [7, 11) is 2.13. The van der Waals surface area contributed by atoms with Gasteiger partial charge in [-0.3, -0.25) is 0 Å². The standard InChI is InChI=1S/C32H42N10O2/c1-21-4-5-22(2)42(21)31-37-29(36-30(38-31)41-19-26-11-12-27(20-41)44-26)23-6-8-24(9-7-23)34-32(43)35-25-10-13-28(33-18-25)40-16-14-39(3)15-17-40/h6-10,13,18,21-22,26-27H,4-5,11-12,14-17,19-20H2,1-3H3,(H2,34,35,43). The third-order valence-electron chi connectivity index (χ3n) is 9.36. The molecule has 3 aromatic rings. The van der Waals surface area contributed by atoms with Gasteiger partial charge in [0.15, 0.2) is 5.82 Å². The highest BCUT2D eigenvalue weighted by atomic mass is 16.5. The highest BCUT2D eigenvalue weighted by molar-refractivity contribution is 5.99. The fourth-order valence-corrected chi connectivity index (χ4v) is 6.79. The first-order valence-electron chi connectivity index (χ1n) is 15.9. The number of carbonyl (C=O) groups excluding carboxylic acids is 1. The van der Waals surface area contributed by atoms with Gasteiger partial charge < -0.3 is 35.0 Å². The van der Waals surface area contributed by atoms with Crippen molar-refractivity contribution in [3.05, 3.63) is 42.6 Å². The smallest absolute Gasteiger partial charge is 0.323 e. The molecular weight excluding hydrogens is 556 g/mol. The summed E-state index contributed by atoms with van der Waals surface area (Å²) in [5.74, 6) is 3.01. The third-order valence-corrected chi connectivity index (χ3v) is 9.36. The Bertz CT molecular complexity index is 1440. The molecule has 2 bridgehead atoms. The molecule has 0 aliphatic carbocycles. The molecule has 1 aromatic carbocycles. The fraction of sp³-hybridized carbons (Fsp3) is 0.531. The van der Waals surface area contributed by atoms with Crippen LogP contribution >= 0.6 is 0 Å². The van der Waals surface area contributed by atoms with Crippen LogP contribution in [0, 0.1) is 0 Å². The van der Waals surface area contributed by atoms with Crippen LogP contribution in [0.1, 0.15) is 39.5 Å². The zero-order valence-corrected chi connectivity index (χ0v) is 25.8. The molecule has 232 valence electrons. The molecule has 12 nitrogen and oxygen atoms in total. The number of rotatable bonds is 6. The fourth-order valence-electron chi connectivity index (χ4n) is 6.79. The maximum atomic E-state index is 12.8. The van der Waals surface area contributed by atoms with E-state index in [9.17, 15) is 4.79 Å². The van der Waals surface area contributed by atoms with Crippen LogP contribution in [0.4, 0.5) is 33.9 Å². The summed E-state index contributed by atoms with van der Waals surface area (Å²) >= 11 is 0. The van der Waals surface area contributed by atoms with Crippen molar-refractivity contribution in [1.29, 1.82) is 0 Å². The Kier molecular flexibility index (Phi) is 7.94. The van der Waals surface area contributed by atoms with Crippen LogP contribution in [0.2, 0.25) is 0 Å². The van der Waals surface area contributed by atoms with Crippen molar-refractivity contribution in [3.63, 3.8) is 0 Å². The van der Waals surface area contributed by atoms with Gasteiger partial charge in [-0.1, -0.05) is 0 Å². The Labute approximate surface area is 258 Å². The number of likely N-dealkylation sites (N-methyl/N-ethyl adjacent to an activating group) is 1. The molecule has 0 radical (unpaired) electrons. The third kappa shape index (κ3) is 6.14. The van der Waals surface area contributed by atoms with E-state index in [4.69, 9.17) is 19.7 Å². The van der Waals surface area contributed by atoms with E-state index in [1.54, 1.807) is 6.20 Å². The molecule has 0 spiro atoms. The second kappa shape index (κ2) is 12.2. The van der Waals surface area contributed by atoms with Crippen LogP contribution in [0.15, 0.2) is 42.6 Å². The predicted octanol–water partition coefficient (Wildman–Crippen LogP) is 4.07. The number of morpholine rings is 1. The number of urea groups is 1. The van der Waals surface area contributed by atoms with Crippen molar-refractivity contribution in [2.45, 2.75) is 63.8 Å². The minimum absolute atomic E-state index is 0.240. The number of piperazine rings is 1. The largest absolute Gasteiger partial charge is 0.371 e. The van der Waals surface area contributed by atoms with E-state index < -0.39 is 0 Å². The first-order chi connectivity index (χ1) is 21.4. The van der Waals surface area contributed by atoms with Crippen LogP contribution in [0.3, 0.4) is 0 Å². The van der Waals surface area contributed by atoms with Gasteiger partial charge in [0.1, 0.15) is 5.82 Å². The van der Waals surface area contributed by atoms with Crippen LogP contribution < -0.4 is 25.3 Å². The van der Waals surface area contributed by atoms with Gasteiger partial charge >= 0.3 is 6.03 Å². The molecule has 0 saturated carbocycles. The summed E-state index contributed by atoms with van der Waals surface area (Å²) in [6.07, 6.45) is 6.61. The Morgan fingerprint density at radius 2 is 1.41 bits per heavy atom. The normalized spacial score (nSPS) is 25.4. The molecule has 6 heterocycles. The van der Waals surface area contributed by atoms with E-state index in [1.807, 2.05) is 36.4 Å². The van der Waals surface area contributed by atoms with Crippen LogP contribution in [-0.2, 0) is 4.74 Å². The summed E-state index contributed by atoms with van der Waals surface area (Å²) in [6, 6.07) is 11.9. The number of pyridine rings is 1. The van der Waals surface area contributed by atoms with Crippen molar-refractivity contribution >= 4 is 35.1 Å². The topological polar surface area (TPSA) is 115 Å². The van der Waals surface area contributed by atoms with Crippen LogP contribution in [0.25, 0.3) is 11.4 Å². The number of carbonyl (C=O) groups is 1. The second-order valence-electron chi connectivity index (χ2n) is 12.7. The monoisotopic (exact) mass is 598 g/mol. The summed E-state index contributed by atoms with van der Waals surface area (Å²) in [4.78, 5) is 41.4. The highest BCUT2D eigenvalue weighted by Crippen LogP contribution is 2.33. The number of anilines is 5. The van der Waals surface area contributed by atoms with Crippen LogP contribution in [-0.4, -0.2) is 101 Å². The first kappa shape index (κ1) is 28.7. The van der Waals surface area contributed by atoms with Gasteiger partial charge in [0.25, 0.3) is 0 Å². The Hall–Kier alpha value is -4.03. The second-order valence-corrected chi connectivity index (χ2v) is 12.7. The summed E-state index contributed by atoms with van der Waals surface area (Å²) in [6.45, 7) is 10.0. The van der Waals surface area contributed by atoms with Crippen molar-refractivity contribution < 1.29 is 9.53 Å². The summed E-state index contributed by atoms with van der Waals surface area (Å²) in [5.41, 5.74) is 2.19. The maximum Gasteiger partial charge on any atom is 0.323 e. The zero-order valence-electron chi connectivity index (χ0n) is 25.8. The molecule has 4 fully saturated rings. The lowest BCUT2D eigenvalue weighted by molar-refractivity contribution is 0.0299. The Morgan fingerprint density at radius 3 is 2.07 bits per heavy atom. The number of nitrogens with zero attached hydrogens (tertiary/aromatic N) is 8. The number of nitrogens with one attached hydrogen (secondary N) is 2. The average Bonchev–Trinajstić information content (AvgIpc) is 3.56. The number of benzene rings is 1. The van der Waals surface area contributed by atoms with Crippen molar-refractivity contribution in [1.82, 2.24) is 24.8 Å². The highest BCUT2D eigenvalue weighted by Gasteiger charge is 2.36. The Balaban J connectivity index is 1.05. The summed E-state index contributed by atoms with van der Waals surface area (Å²) < 4.78 is 6.07. The molecule has 4 saturated heterocycles. The van der Waals surface area contributed by atoms with E-state index in [0.29, 0.717) is 35.2 Å². The van der Waals surface area contributed by atoms with E-state index in [1.165, 1.54) is 0 Å². The number of aromatic nitrogens is 4. The lowest BCUT2D eigenvalue weighted by Gasteiger charge is -2.33. The van der Waals surface area contributed by atoms with Crippen LogP contribution in [0.5, 0.6) is 0 Å².